The standard InChI is InChI=1S/C25H24BrF2NO3.C17H14BrF2NO2.C8H12O2/c1-32-24(30)7-3-16-9-20(27)13-21(10-16)29(14-18-5-6-19(26)12-23(18)28)25(31)22-11-15-2-4-17(22)8-15;1-23-17(22)5-2-11-6-14(19)9-15(7-11)21-10-12-3-4-13(18)8-16(12)20;9-8(10)7-4-5-1-2-6(7)3-5/h3,5-7,9-10,12-13,15,17,22H,2,4,8,11,14H2,1H3;2-9,21H,10H2,1H3;5-7H,1-4H2,(H,9,10)/b7-3+;5-2+;/i14D;10D;. The number of nitrogens with one attached hydrogen (secondary N) is 1. The van der Waals surface area contributed by atoms with Crippen LogP contribution < -0.4 is 10.2 Å². The van der Waals surface area contributed by atoms with Gasteiger partial charge >= 0.3 is 17.9 Å². The van der Waals surface area contributed by atoms with Gasteiger partial charge in [-0.3, -0.25) is 9.59 Å². The maximum absolute atomic E-state index is 14.8. The van der Waals surface area contributed by atoms with Crippen molar-refractivity contribution in [1.82, 2.24) is 0 Å². The van der Waals surface area contributed by atoms with Crippen LogP contribution in [0.15, 0.2) is 93.9 Å². The molecule has 4 saturated carbocycles. The second-order valence-corrected chi connectivity index (χ2v) is 18.4. The summed E-state index contributed by atoms with van der Waals surface area (Å²) in [5.74, 6) is -2.62. The highest BCUT2D eigenvalue weighted by Gasteiger charge is 2.45. The van der Waals surface area contributed by atoms with Gasteiger partial charge in [0.25, 0.3) is 0 Å². The molecule has 4 aromatic rings. The average Bonchev–Trinajstić information content (AvgIpc) is 4.12. The molecule has 0 aromatic heterocycles. The highest BCUT2D eigenvalue weighted by atomic mass is 79.9. The summed E-state index contributed by atoms with van der Waals surface area (Å²) in [6, 6.07) is 16.5. The van der Waals surface area contributed by atoms with Crippen LogP contribution in [0.1, 0.15) is 76.4 Å². The topological polar surface area (TPSA) is 122 Å². The summed E-state index contributed by atoms with van der Waals surface area (Å²) in [4.78, 5) is 48.1. The molecule has 0 radical (unpaired) electrons. The van der Waals surface area contributed by atoms with Crippen LogP contribution >= 0.6 is 31.9 Å². The summed E-state index contributed by atoms with van der Waals surface area (Å²) in [5, 5.41) is 11.5. The van der Waals surface area contributed by atoms with Gasteiger partial charge in [-0.05, 0) is 146 Å². The van der Waals surface area contributed by atoms with Crippen molar-refractivity contribution in [2.24, 2.45) is 35.5 Å². The predicted molar refractivity (Wildman–Crippen MR) is 247 cm³/mol. The van der Waals surface area contributed by atoms with Crippen LogP contribution in [-0.2, 0) is 41.7 Å². The molecule has 4 aliphatic rings. The number of ether oxygens (including phenoxy) is 2. The lowest BCUT2D eigenvalue weighted by molar-refractivity contribution is -0.143. The highest BCUT2D eigenvalue weighted by molar-refractivity contribution is 9.10. The first-order valence-electron chi connectivity index (χ1n) is 22.3. The van der Waals surface area contributed by atoms with Crippen LogP contribution in [0, 0.1) is 58.8 Å². The van der Waals surface area contributed by atoms with Crippen molar-refractivity contribution in [2.45, 2.75) is 64.4 Å². The van der Waals surface area contributed by atoms with Crippen molar-refractivity contribution >= 4 is 79.2 Å². The van der Waals surface area contributed by atoms with Crippen LogP contribution in [-0.4, -0.2) is 43.1 Å². The van der Waals surface area contributed by atoms with Gasteiger partial charge in [-0.2, -0.15) is 0 Å². The Morgan fingerprint density at radius 3 is 1.71 bits per heavy atom. The number of hydrogen-bond donors (Lipinski definition) is 2. The summed E-state index contributed by atoms with van der Waals surface area (Å²) in [5.41, 5.74) is 1.33. The van der Waals surface area contributed by atoms with E-state index < -0.39 is 54.2 Å². The molecule has 8 rings (SSSR count). The van der Waals surface area contributed by atoms with Crippen LogP contribution in [0.3, 0.4) is 0 Å². The van der Waals surface area contributed by atoms with Gasteiger partial charge in [0, 0.05) is 56.0 Å². The number of aliphatic carboxylic acids is 1. The molecule has 15 heteroatoms. The van der Waals surface area contributed by atoms with E-state index in [4.69, 9.17) is 7.85 Å². The third-order valence-corrected chi connectivity index (χ3v) is 13.3. The Labute approximate surface area is 395 Å². The van der Waals surface area contributed by atoms with E-state index in [1.54, 1.807) is 18.2 Å². The fraction of sp³-hybridized carbons (Fsp3) is 0.360. The van der Waals surface area contributed by atoms with Gasteiger partial charge in [-0.1, -0.05) is 56.8 Å². The number of carbonyl (C=O) groups excluding carboxylic acids is 3. The van der Waals surface area contributed by atoms with E-state index >= 15 is 0 Å². The molecule has 0 heterocycles. The SMILES string of the molecule is O=C(O)C1CC2CCC1C2.[2H]C(Nc1cc(F)cc(/C=C/C(=O)OC)c1)c1ccc(Br)cc1F.[2H]C(c1ccc(Br)cc1F)N(C(=O)C1CC2CCC1C2)c1cc(F)cc(/C=C/C(=O)OC)c1. The van der Waals surface area contributed by atoms with Crippen molar-refractivity contribution < 1.29 is 54.1 Å². The van der Waals surface area contributed by atoms with Gasteiger partial charge in [0.05, 0.1) is 29.4 Å². The molecule has 4 fully saturated rings. The minimum absolute atomic E-state index is 0.0127. The number of methoxy groups -OCH3 is 2. The predicted octanol–water partition coefficient (Wildman–Crippen LogP) is 11.9. The lowest BCUT2D eigenvalue weighted by Crippen LogP contribution is -2.38. The number of anilines is 2. The molecule has 4 bridgehead atoms. The number of amides is 1. The summed E-state index contributed by atoms with van der Waals surface area (Å²) < 4.78 is 83.8. The molecule has 4 aliphatic carbocycles. The molecular weight excluding hydrogens is 976 g/mol. The normalized spacial score (nSPS) is 22.8. The lowest BCUT2D eigenvalue weighted by Gasteiger charge is -2.30. The smallest absolute Gasteiger partial charge is 0.330 e. The number of carbonyl (C=O) groups is 4. The van der Waals surface area contributed by atoms with Crippen LogP contribution in [0.4, 0.5) is 28.9 Å². The molecule has 9 nitrogen and oxygen atoms in total. The van der Waals surface area contributed by atoms with Crippen LogP contribution in [0.25, 0.3) is 12.2 Å². The molecule has 344 valence electrons. The minimum atomic E-state index is -1.40. The Kier molecular flexibility index (Phi) is 16.2. The van der Waals surface area contributed by atoms with Crippen molar-refractivity contribution in [3.8, 4) is 0 Å². The molecule has 0 saturated heterocycles. The Morgan fingerprint density at radius 2 is 1.23 bits per heavy atom. The van der Waals surface area contributed by atoms with Gasteiger partial charge in [-0.25, -0.2) is 27.2 Å². The molecule has 2 N–H and O–H groups in total. The Bertz CT molecular complexity index is 2530. The average molecular weight is 1030 g/mol. The first kappa shape index (κ1) is 46.3. The quantitative estimate of drug-likeness (QED) is 0.0817. The van der Waals surface area contributed by atoms with Gasteiger partial charge in [-0.15, -0.1) is 0 Å². The van der Waals surface area contributed by atoms with E-state index in [1.165, 1.54) is 105 Å². The van der Waals surface area contributed by atoms with E-state index in [1.807, 2.05) is 0 Å². The van der Waals surface area contributed by atoms with Crippen LogP contribution in [0.5, 0.6) is 0 Å². The van der Waals surface area contributed by atoms with E-state index in [0.717, 1.165) is 50.2 Å². The Morgan fingerprint density at radius 1 is 0.708 bits per heavy atom. The number of benzene rings is 4. The van der Waals surface area contributed by atoms with Gasteiger partial charge in [0.1, 0.15) is 23.3 Å². The molecule has 4 aromatic carbocycles. The van der Waals surface area contributed by atoms with E-state index in [0.29, 0.717) is 37.6 Å². The first-order valence-corrected chi connectivity index (χ1v) is 22.7. The fourth-order valence-electron chi connectivity index (χ4n) is 9.15. The van der Waals surface area contributed by atoms with E-state index in [9.17, 15) is 36.7 Å². The second kappa shape index (κ2) is 22.8. The molecule has 65 heavy (non-hydrogen) atoms. The number of esters is 2. The monoisotopic (exact) mass is 1030 g/mol. The van der Waals surface area contributed by atoms with Crippen molar-refractivity contribution in [1.29, 1.82) is 0 Å². The van der Waals surface area contributed by atoms with Crippen molar-refractivity contribution in [3.05, 3.63) is 139 Å². The highest BCUT2D eigenvalue weighted by Crippen LogP contribution is 2.50. The van der Waals surface area contributed by atoms with E-state index in [-0.39, 0.29) is 40.5 Å². The molecule has 8 unspecified atom stereocenters. The number of nitrogens with zero attached hydrogens (tertiary/aromatic N) is 1. The number of halogens is 6. The largest absolute Gasteiger partial charge is 0.481 e. The zero-order chi connectivity index (χ0) is 48.5. The van der Waals surface area contributed by atoms with Crippen molar-refractivity contribution in [2.75, 3.05) is 24.4 Å². The summed E-state index contributed by atoms with van der Waals surface area (Å²) in [6.45, 7) is -2.51. The first-order chi connectivity index (χ1) is 31.9. The summed E-state index contributed by atoms with van der Waals surface area (Å²) in [7, 11) is 2.47. The fourth-order valence-corrected chi connectivity index (χ4v) is 9.82. The Hall–Kier alpha value is -5.28. The molecule has 0 spiro atoms. The Balaban J connectivity index is 0.000000189. The maximum atomic E-state index is 14.8. The van der Waals surface area contributed by atoms with Crippen molar-refractivity contribution in [3.63, 3.8) is 0 Å². The lowest BCUT2D eigenvalue weighted by atomic mass is 9.87. The number of carboxylic acids is 1. The molecular formula is C50H50Br2F4N2O7. The molecule has 8 atom stereocenters. The summed E-state index contributed by atoms with van der Waals surface area (Å²) in [6.07, 6.45) is 13.4. The van der Waals surface area contributed by atoms with Gasteiger partial charge < -0.3 is 24.8 Å². The maximum Gasteiger partial charge on any atom is 0.330 e. The third kappa shape index (κ3) is 13.6. The number of fused-ring (bicyclic) bond motifs is 4. The van der Waals surface area contributed by atoms with Gasteiger partial charge in [0.15, 0.2) is 0 Å². The minimum Gasteiger partial charge on any atom is -0.481 e. The van der Waals surface area contributed by atoms with E-state index in [2.05, 4.69) is 46.7 Å². The number of hydrogen-bond acceptors (Lipinski definition) is 7. The zero-order valence-electron chi connectivity index (χ0n) is 37.6. The third-order valence-electron chi connectivity index (χ3n) is 12.3. The molecule has 1 amide bonds. The number of rotatable bonds is 12. The zero-order valence-corrected chi connectivity index (χ0v) is 38.8. The van der Waals surface area contributed by atoms with Crippen LogP contribution in [0.2, 0.25) is 0 Å². The number of carboxylic acid groups (broad SMARTS) is 1. The second-order valence-electron chi connectivity index (χ2n) is 16.6. The molecule has 0 aliphatic heterocycles. The summed E-state index contributed by atoms with van der Waals surface area (Å²) >= 11 is 6.36. The van der Waals surface area contributed by atoms with Gasteiger partial charge in [0.2, 0.25) is 5.91 Å².